The second-order valence-corrected chi connectivity index (χ2v) is 7.78. The van der Waals surface area contributed by atoms with Crippen molar-refractivity contribution in [2.45, 2.75) is 71.8 Å². The van der Waals surface area contributed by atoms with Crippen LogP contribution in [0.15, 0.2) is 0 Å². The van der Waals surface area contributed by atoms with Crippen LogP contribution in [0.5, 0.6) is 0 Å². The standard InChI is InChI=1S/C15H29NO/c1-12(2)5-9-15(11-16,10-6-12)14(4,17)13(3)7-8-13/h17H,5-11,16H2,1-4H3. The van der Waals surface area contributed by atoms with Gasteiger partial charge in [-0.2, -0.15) is 0 Å². The molecule has 0 bridgehead atoms. The van der Waals surface area contributed by atoms with E-state index in [2.05, 4.69) is 20.8 Å². The molecule has 0 aromatic heterocycles. The minimum Gasteiger partial charge on any atom is -0.389 e. The topological polar surface area (TPSA) is 46.2 Å². The summed E-state index contributed by atoms with van der Waals surface area (Å²) in [6.45, 7) is 9.57. The molecule has 17 heavy (non-hydrogen) atoms. The largest absolute Gasteiger partial charge is 0.389 e. The first-order valence-corrected chi connectivity index (χ1v) is 7.11. The number of aliphatic hydroxyl groups is 1. The Morgan fingerprint density at radius 1 is 1.00 bits per heavy atom. The van der Waals surface area contributed by atoms with Gasteiger partial charge in [0.05, 0.1) is 5.60 Å². The first-order valence-electron chi connectivity index (χ1n) is 7.11. The van der Waals surface area contributed by atoms with E-state index in [0.717, 1.165) is 25.7 Å². The minimum atomic E-state index is -0.592. The third-order valence-corrected chi connectivity index (χ3v) is 6.16. The molecule has 2 aliphatic rings. The Morgan fingerprint density at radius 3 is 1.82 bits per heavy atom. The van der Waals surface area contributed by atoms with Crippen LogP contribution in [0.4, 0.5) is 0 Å². The predicted molar refractivity (Wildman–Crippen MR) is 71.7 cm³/mol. The third kappa shape index (κ3) is 1.94. The van der Waals surface area contributed by atoms with Crippen molar-refractivity contribution in [3.8, 4) is 0 Å². The van der Waals surface area contributed by atoms with Crippen molar-refractivity contribution in [3.63, 3.8) is 0 Å². The number of rotatable bonds is 3. The van der Waals surface area contributed by atoms with Crippen molar-refractivity contribution in [2.24, 2.45) is 22.0 Å². The SMILES string of the molecule is CC1(C)CCC(CN)(C(C)(O)C2(C)CC2)CC1. The molecule has 2 saturated carbocycles. The van der Waals surface area contributed by atoms with Gasteiger partial charge in [-0.05, 0) is 56.3 Å². The molecule has 2 heteroatoms. The van der Waals surface area contributed by atoms with E-state index in [1.807, 2.05) is 6.92 Å². The Balaban J connectivity index is 2.21. The highest BCUT2D eigenvalue weighted by molar-refractivity contribution is 5.13. The van der Waals surface area contributed by atoms with Gasteiger partial charge in [0.25, 0.3) is 0 Å². The Hall–Kier alpha value is -0.0800. The Bertz CT molecular complexity index is 292. The maximum Gasteiger partial charge on any atom is 0.0741 e. The van der Waals surface area contributed by atoms with E-state index < -0.39 is 5.60 Å². The van der Waals surface area contributed by atoms with Crippen molar-refractivity contribution in [2.75, 3.05) is 6.54 Å². The zero-order valence-corrected chi connectivity index (χ0v) is 12.0. The molecule has 0 saturated heterocycles. The summed E-state index contributed by atoms with van der Waals surface area (Å²) in [5.74, 6) is 0. The van der Waals surface area contributed by atoms with E-state index >= 15 is 0 Å². The Kier molecular flexibility index (Phi) is 2.91. The maximum absolute atomic E-state index is 11.1. The van der Waals surface area contributed by atoms with E-state index in [9.17, 15) is 5.11 Å². The Morgan fingerprint density at radius 2 is 1.47 bits per heavy atom. The highest BCUT2D eigenvalue weighted by Crippen LogP contribution is 2.63. The van der Waals surface area contributed by atoms with Crippen molar-refractivity contribution in [3.05, 3.63) is 0 Å². The molecule has 0 spiro atoms. The average molecular weight is 239 g/mol. The second-order valence-electron chi connectivity index (χ2n) is 7.78. The fourth-order valence-corrected chi connectivity index (χ4v) is 3.61. The molecule has 2 rings (SSSR count). The van der Waals surface area contributed by atoms with Gasteiger partial charge in [0, 0.05) is 12.0 Å². The highest BCUT2D eigenvalue weighted by atomic mass is 16.3. The van der Waals surface area contributed by atoms with E-state index in [-0.39, 0.29) is 10.8 Å². The van der Waals surface area contributed by atoms with Crippen LogP contribution in [0.25, 0.3) is 0 Å². The molecular weight excluding hydrogens is 210 g/mol. The van der Waals surface area contributed by atoms with Gasteiger partial charge in [-0.3, -0.25) is 0 Å². The number of nitrogens with two attached hydrogens (primary N) is 1. The molecule has 0 aromatic rings. The van der Waals surface area contributed by atoms with Crippen molar-refractivity contribution in [1.82, 2.24) is 0 Å². The van der Waals surface area contributed by atoms with Crippen LogP contribution in [0.2, 0.25) is 0 Å². The molecule has 3 N–H and O–H groups in total. The summed E-state index contributed by atoms with van der Waals surface area (Å²) in [5, 5.41) is 11.1. The van der Waals surface area contributed by atoms with Crippen LogP contribution in [0.1, 0.15) is 66.2 Å². The lowest BCUT2D eigenvalue weighted by molar-refractivity contribution is -0.141. The van der Waals surface area contributed by atoms with Crippen LogP contribution < -0.4 is 5.73 Å². The van der Waals surface area contributed by atoms with Crippen LogP contribution >= 0.6 is 0 Å². The molecule has 1 atom stereocenters. The molecule has 0 amide bonds. The lowest BCUT2D eigenvalue weighted by Crippen LogP contribution is -2.57. The molecule has 1 unspecified atom stereocenters. The molecule has 0 radical (unpaired) electrons. The van der Waals surface area contributed by atoms with Gasteiger partial charge in [-0.1, -0.05) is 20.8 Å². The molecule has 2 aliphatic carbocycles. The molecule has 0 aromatic carbocycles. The van der Waals surface area contributed by atoms with E-state index in [0.29, 0.717) is 12.0 Å². The fraction of sp³-hybridized carbons (Fsp3) is 1.00. The fourth-order valence-electron chi connectivity index (χ4n) is 3.61. The van der Waals surface area contributed by atoms with Crippen LogP contribution in [-0.2, 0) is 0 Å². The summed E-state index contributed by atoms with van der Waals surface area (Å²) in [5.41, 5.74) is 5.99. The summed E-state index contributed by atoms with van der Waals surface area (Å²) >= 11 is 0. The van der Waals surface area contributed by atoms with Gasteiger partial charge in [0.15, 0.2) is 0 Å². The van der Waals surface area contributed by atoms with Gasteiger partial charge in [0.1, 0.15) is 0 Å². The third-order valence-electron chi connectivity index (χ3n) is 6.16. The van der Waals surface area contributed by atoms with Gasteiger partial charge in [-0.15, -0.1) is 0 Å². The van der Waals surface area contributed by atoms with Gasteiger partial charge in [0.2, 0.25) is 0 Å². The van der Waals surface area contributed by atoms with Crippen molar-refractivity contribution >= 4 is 0 Å². The predicted octanol–water partition coefficient (Wildman–Crippen LogP) is 3.08. The molecule has 0 heterocycles. The number of hydrogen-bond acceptors (Lipinski definition) is 2. The van der Waals surface area contributed by atoms with Gasteiger partial charge >= 0.3 is 0 Å². The molecule has 2 nitrogen and oxygen atoms in total. The lowest BCUT2D eigenvalue weighted by atomic mass is 9.55. The first-order chi connectivity index (χ1) is 7.68. The van der Waals surface area contributed by atoms with Crippen LogP contribution in [-0.4, -0.2) is 17.3 Å². The van der Waals surface area contributed by atoms with E-state index in [1.165, 1.54) is 12.8 Å². The average Bonchev–Trinajstić information content (AvgIpc) is 2.98. The zero-order valence-electron chi connectivity index (χ0n) is 12.0. The molecule has 0 aliphatic heterocycles. The summed E-state index contributed by atoms with van der Waals surface area (Å²) in [7, 11) is 0. The smallest absolute Gasteiger partial charge is 0.0741 e. The molecule has 100 valence electrons. The maximum atomic E-state index is 11.1. The number of hydrogen-bond donors (Lipinski definition) is 2. The second kappa shape index (κ2) is 3.71. The first kappa shape index (κ1) is 13.4. The monoisotopic (exact) mass is 239 g/mol. The minimum absolute atomic E-state index is 0.0478. The summed E-state index contributed by atoms with van der Waals surface area (Å²) in [6, 6.07) is 0. The normalized spacial score (nSPS) is 32.8. The summed E-state index contributed by atoms with van der Waals surface area (Å²) in [4.78, 5) is 0. The quantitative estimate of drug-likeness (QED) is 0.795. The molecule has 2 fully saturated rings. The Labute approximate surface area is 106 Å². The summed E-state index contributed by atoms with van der Waals surface area (Å²) < 4.78 is 0. The zero-order chi connectivity index (χ0) is 12.9. The molecular formula is C15H29NO. The summed E-state index contributed by atoms with van der Waals surface area (Å²) in [6.07, 6.45) is 6.86. The van der Waals surface area contributed by atoms with E-state index in [1.54, 1.807) is 0 Å². The van der Waals surface area contributed by atoms with Crippen LogP contribution in [0.3, 0.4) is 0 Å². The van der Waals surface area contributed by atoms with Gasteiger partial charge < -0.3 is 10.8 Å². The van der Waals surface area contributed by atoms with Crippen LogP contribution in [0, 0.1) is 16.2 Å². The lowest BCUT2D eigenvalue weighted by Gasteiger charge is -2.53. The highest BCUT2D eigenvalue weighted by Gasteiger charge is 2.62. The van der Waals surface area contributed by atoms with E-state index in [4.69, 9.17) is 5.73 Å². The van der Waals surface area contributed by atoms with Crippen molar-refractivity contribution in [1.29, 1.82) is 0 Å². The van der Waals surface area contributed by atoms with Gasteiger partial charge in [-0.25, -0.2) is 0 Å². The van der Waals surface area contributed by atoms with Crippen molar-refractivity contribution < 1.29 is 5.11 Å².